The third-order valence-electron chi connectivity index (χ3n) is 0.995. The van der Waals surface area contributed by atoms with E-state index in [2.05, 4.69) is 9.69 Å². The third-order valence-corrected chi connectivity index (χ3v) is 1.64. The van der Waals surface area contributed by atoms with Crippen LogP contribution in [-0.2, 0) is 0 Å². The Kier molecular flexibility index (Phi) is 1.86. The van der Waals surface area contributed by atoms with Crippen LogP contribution in [0.15, 0.2) is 10.9 Å². The summed E-state index contributed by atoms with van der Waals surface area (Å²) in [6.45, 7) is 0. The van der Waals surface area contributed by atoms with Crippen LogP contribution in [0, 0.1) is 0 Å². The van der Waals surface area contributed by atoms with Gasteiger partial charge in [0.05, 0.1) is 0 Å². The zero-order chi connectivity index (χ0) is 7.56. The van der Waals surface area contributed by atoms with Gasteiger partial charge in [0.2, 0.25) is 4.74 Å². The number of nitrogens with one attached hydrogen (secondary N) is 2. The van der Waals surface area contributed by atoms with Gasteiger partial charge in [0.25, 0.3) is 5.91 Å². The normalized spacial score (nSPS) is 9.30. The second kappa shape index (κ2) is 2.66. The summed E-state index contributed by atoms with van der Waals surface area (Å²) >= 11 is 0.907. The first kappa shape index (κ1) is 7.01. The monoisotopic (exact) mass is 158 g/mol. The molecule has 0 aromatic carbocycles. The zero-order valence-electron chi connectivity index (χ0n) is 5.30. The van der Waals surface area contributed by atoms with Crippen molar-refractivity contribution in [3.8, 4) is 0 Å². The van der Waals surface area contributed by atoms with Gasteiger partial charge in [-0.25, -0.2) is 0 Å². The molecule has 5 heteroatoms. The van der Waals surface area contributed by atoms with E-state index in [0.29, 0.717) is 5.69 Å². The van der Waals surface area contributed by atoms with Crippen LogP contribution in [-0.4, -0.2) is 17.3 Å². The van der Waals surface area contributed by atoms with E-state index in [4.69, 9.17) is 0 Å². The summed E-state index contributed by atoms with van der Waals surface area (Å²) in [7, 11) is 1.51. The summed E-state index contributed by atoms with van der Waals surface area (Å²) < 4.78 is 2.43. The maximum Gasteiger partial charge on any atom is 0.268 e. The smallest absolute Gasteiger partial charge is 0.268 e. The molecule has 0 saturated heterocycles. The molecule has 1 amide bonds. The average Bonchev–Trinajstić information content (AvgIpc) is 2.34. The minimum atomic E-state index is -0.265. The van der Waals surface area contributed by atoms with E-state index in [-0.39, 0.29) is 10.6 Å². The van der Waals surface area contributed by atoms with Gasteiger partial charge in [0.1, 0.15) is 5.69 Å². The Labute approximate surface area is 61.0 Å². The van der Waals surface area contributed by atoms with E-state index in [0.717, 1.165) is 11.5 Å². The molecule has 4 nitrogen and oxygen atoms in total. The molecule has 0 aliphatic rings. The lowest BCUT2D eigenvalue weighted by molar-refractivity contribution is 0.0959. The Morgan fingerprint density at radius 3 is 2.90 bits per heavy atom. The molecule has 1 heterocycles. The van der Waals surface area contributed by atoms with Crippen molar-refractivity contribution in [3.63, 3.8) is 0 Å². The summed E-state index contributed by atoms with van der Waals surface area (Å²) in [5.41, 5.74) is 0.317. The molecule has 0 spiro atoms. The van der Waals surface area contributed by atoms with Gasteiger partial charge in [0, 0.05) is 13.1 Å². The molecule has 2 N–H and O–H groups in total. The van der Waals surface area contributed by atoms with Gasteiger partial charge >= 0.3 is 0 Å². The molecule has 1 aromatic rings. The number of hydrogen-bond donors (Lipinski definition) is 2. The maximum atomic E-state index is 10.8. The molecule has 0 saturated carbocycles. The number of aromatic amines is 1. The quantitative estimate of drug-likeness (QED) is 0.594. The summed E-state index contributed by atoms with van der Waals surface area (Å²) in [5.74, 6) is -0.265. The first-order chi connectivity index (χ1) is 4.74. The van der Waals surface area contributed by atoms with E-state index in [9.17, 15) is 9.59 Å². The predicted molar refractivity (Wildman–Crippen MR) is 38.3 cm³/mol. The van der Waals surface area contributed by atoms with Crippen LogP contribution in [0.25, 0.3) is 0 Å². The molecule has 0 fully saturated rings. The summed E-state index contributed by atoms with van der Waals surface area (Å²) in [5, 5.41) is 2.39. The molecule has 1 rings (SSSR count). The van der Waals surface area contributed by atoms with E-state index >= 15 is 0 Å². The Morgan fingerprint density at radius 2 is 2.50 bits per heavy atom. The van der Waals surface area contributed by atoms with E-state index < -0.39 is 0 Å². The van der Waals surface area contributed by atoms with Crippen molar-refractivity contribution in [2.45, 2.75) is 0 Å². The van der Waals surface area contributed by atoms with Crippen molar-refractivity contribution in [2.75, 3.05) is 7.05 Å². The summed E-state index contributed by atoms with van der Waals surface area (Å²) in [4.78, 5) is 21.3. The highest BCUT2D eigenvalue weighted by Gasteiger charge is 2.03. The van der Waals surface area contributed by atoms with E-state index in [1.807, 2.05) is 0 Å². The predicted octanol–water partition coefficient (Wildman–Crippen LogP) is -0.204. The standard InChI is InChI=1S/C5H6N2O2S/c1-6-5(9)3-2-4(8)10-7-3/h2,7H,1H3,(H,6,9). The lowest BCUT2D eigenvalue weighted by Gasteiger charge is -1.90. The van der Waals surface area contributed by atoms with Crippen LogP contribution in [0.3, 0.4) is 0 Å². The number of hydrogen-bond acceptors (Lipinski definition) is 3. The fourth-order valence-electron chi connectivity index (χ4n) is 0.529. The van der Waals surface area contributed by atoms with Gasteiger partial charge in [0.15, 0.2) is 0 Å². The van der Waals surface area contributed by atoms with Crippen molar-refractivity contribution in [3.05, 3.63) is 21.3 Å². The Balaban J connectivity index is 2.95. The van der Waals surface area contributed by atoms with Gasteiger partial charge < -0.3 is 9.69 Å². The molecular formula is C5H6N2O2S. The minimum Gasteiger partial charge on any atom is -0.354 e. The van der Waals surface area contributed by atoms with Gasteiger partial charge in [-0.1, -0.05) is 0 Å². The largest absolute Gasteiger partial charge is 0.354 e. The lowest BCUT2D eigenvalue weighted by atomic mass is 10.4. The molecule has 0 unspecified atom stereocenters. The fraction of sp³-hybridized carbons (Fsp3) is 0.200. The minimum absolute atomic E-state index is 0.140. The molecule has 10 heavy (non-hydrogen) atoms. The second-order valence-electron chi connectivity index (χ2n) is 1.66. The Hall–Kier alpha value is -1.10. The number of H-pyrrole nitrogens is 1. The van der Waals surface area contributed by atoms with Crippen LogP contribution < -0.4 is 10.1 Å². The molecule has 0 aliphatic carbocycles. The van der Waals surface area contributed by atoms with Crippen LogP contribution in [0.2, 0.25) is 0 Å². The second-order valence-corrected chi connectivity index (χ2v) is 2.47. The van der Waals surface area contributed by atoms with Gasteiger partial charge in [-0.2, -0.15) is 0 Å². The van der Waals surface area contributed by atoms with Gasteiger partial charge in [-0.15, -0.1) is 0 Å². The van der Waals surface area contributed by atoms with Crippen LogP contribution >= 0.6 is 11.5 Å². The van der Waals surface area contributed by atoms with E-state index in [1.54, 1.807) is 0 Å². The maximum absolute atomic E-state index is 10.8. The highest BCUT2D eigenvalue weighted by atomic mass is 32.1. The SMILES string of the molecule is CNC(=O)c1cc(=O)s[nH]1. The first-order valence-electron chi connectivity index (χ1n) is 2.64. The average molecular weight is 158 g/mol. The van der Waals surface area contributed by atoms with Gasteiger partial charge in [-0.3, -0.25) is 9.59 Å². The van der Waals surface area contributed by atoms with Crippen LogP contribution in [0.1, 0.15) is 10.5 Å². The molecule has 1 aromatic heterocycles. The molecule has 0 bridgehead atoms. The summed E-state index contributed by atoms with van der Waals surface area (Å²) in [6.07, 6.45) is 0. The van der Waals surface area contributed by atoms with Crippen molar-refractivity contribution in [1.82, 2.24) is 9.69 Å². The highest BCUT2D eigenvalue weighted by molar-refractivity contribution is 7.03. The van der Waals surface area contributed by atoms with Gasteiger partial charge in [-0.05, 0) is 11.5 Å². The van der Waals surface area contributed by atoms with Crippen LogP contribution in [0.5, 0.6) is 0 Å². The lowest BCUT2D eigenvalue weighted by Crippen LogP contribution is -2.18. The fourth-order valence-corrected chi connectivity index (χ4v) is 1.07. The molecular weight excluding hydrogens is 152 g/mol. The third kappa shape index (κ3) is 1.24. The molecule has 0 radical (unpaired) electrons. The number of amides is 1. The highest BCUT2D eigenvalue weighted by Crippen LogP contribution is 1.91. The summed E-state index contributed by atoms with van der Waals surface area (Å²) in [6, 6.07) is 1.27. The molecule has 0 atom stereocenters. The number of carbonyl (C=O) groups is 1. The Bertz CT molecular complexity index is 288. The van der Waals surface area contributed by atoms with Crippen molar-refractivity contribution in [2.24, 2.45) is 0 Å². The first-order valence-corrected chi connectivity index (χ1v) is 3.46. The van der Waals surface area contributed by atoms with Crippen LogP contribution in [0.4, 0.5) is 0 Å². The molecule has 0 aliphatic heterocycles. The zero-order valence-corrected chi connectivity index (χ0v) is 6.12. The number of aromatic nitrogens is 1. The van der Waals surface area contributed by atoms with Crippen molar-refractivity contribution >= 4 is 17.4 Å². The van der Waals surface area contributed by atoms with Crippen molar-refractivity contribution < 1.29 is 4.79 Å². The number of rotatable bonds is 1. The Morgan fingerprint density at radius 1 is 1.80 bits per heavy atom. The van der Waals surface area contributed by atoms with Crippen molar-refractivity contribution in [1.29, 1.82) is 0 Å². The van der Waals surface area contributed by atoms with E-state index in [1.165, 1.54) is 13.1 Å². The molecule has 54 valence electrons. The topological polar surface area (TPSA) is 62.0 Å². The number of carbonyl (C=O) groups excluding carboxylic acids is 1.